The molecule has 1 aliphatic heterocycles. The van der Waals surface area contributed by atoms with Gasteiger partial charge in [0.2, 0.25) is 0 Å². The van der Waals surface area contributed by atoms with E-state index in [2.05, 4.69) is 26.0 Å². The zero-order valence-electron chi connectivity index (χ0n) is 11.7. The molecular formula is C14H16BrN3O3. The number of carbonyl (C=O) groups is 1. The van der Waals surface area contributed by atoms with Gasteiger partial charge in [-0.25, -0.2) is 14.5 Å². The average Bonchev–Trinajstić information content (AvgIpc) is 2.91. The van der Waals surface area contributed by atoms with Gasteiger partial charge in [0.15, 0.2) is 11.9 Å². The number of carbonyl (C=O) groups excluding carboxylic acids is 1. The van der Waals surface area contributed by atoms with E-state index in [4.69, 9.17) is 9.47 Å². The minimum Gasteiger partial charge on any atom is -0.462 e. The molecule has 0 aromatic carbocycles. The van der Waals surface area contributed by atoms with Crippen molar-refractivity contribution >= 4 is 32.9 Å². The number of hydrogen-bond acceptors (Lipinski definition) is 5. The Morgan fingerprint density at radius 1 is 1.57 bits per heavy atom. The molecule has 2 aromatic heterocycles. The summed E-state index contributed by atoms with van der Waals surface area (Å²) in [6.07, 6.45) is 4.61. The number of rotatable bonds is 3. The number of fused-ring (bicyclic) bond motifs is 1. The molecule has 0 radical (unpaired) electrons. The van der Waals surface area contributed by atoms with E-state index >= 15 is 0 Å². The fraction of sp³-hybridized carbons (Fsp3) is 0.500. The molecule has 1 fully saturated rings. The van der Waals surface area contributed by atoms with Crippen LogP contribution in [0, 0.1) is 0 Å². The molecule has 1 unspecified atom stereocenters. The number of hydrogen-bond donors (Lipinski definition) is 0. The van der Waals surface area contributed by atoms with Crippen molar-refractivity contribution in [1.82, 2.24) is 14.8 Å². The van der Waals surface area contributed by atoms with E-state index in [9.17, 15) is 4.79 Å². The van der Waals surface area contributed by atoms with Gasteiger partial charge in [-0.1, -0.05) is 0 Å². The Morgan fingerprint density at radius 3 is 3.14 bits per heavy atom. The van der Waals surface area contributed by atoms with Crippen LogP contribution in [0.4, 0.5) is 0 Å². The molecule has 7 heteroatoms. The van der Waals surface area contributed by atoms with E-state index < -0.39 is 0 Å². The molecule has 3 heterocycles. The quantitative estimate of drug-likeness (QED) is 0.626. The molecule has 1 aliphatic rings. The summed E-state index contributed by atoms with van der Waals surface area (Å²) >= 11 is 3.34. The van der Waals surface area contributed by atoms with Crippen molar-refractivity contribution in [2.75, 3.05) is 13.2 Å². The lowest BCUT2D eigenvalue weighted by molar-refractivity contribution is -0.0370. The summed E-state index contributed by atoms with van der Waals surface area (Å²) in [6, 6.07) is 1.66. The zero-order valence-corrected chi connectivity index (χ0v) is 13.3. The first-order valence-corrected chi connectivity index (χ1v) is 7.82. The Hall–Kier alpha value is -1.47. The van der Waals surface area contributed by atoms with Crippen LogP contribution >= 0.6 is 15.9 Å². The molecule has 21 heavy (non-hydrogen) atoms. The maximum Gasteiger partial charge on any atom is 0.339 e. The van der Waals surface area contributed by atoms with Gasteiger partial charge in [0.05, 0.1) is 23.8 Å². The van der Waals surface area contributed by atoms with Crippen LogP contribution in [0.15, 0.2) is 16.9 Å². The second kappa shape index (κ2) is 6.11. The van der Waals surface area contributed by atoms with Crippen LogP contribution < -0.4 is 0 Å². The number of halogens is 1. The van der Waals surface area contributed by atoms with Gasteiger partial charge in [-0.3, -0.25) is 0 Å². The highest BCUT2D eigenvalue weighted by Crippen LogP contribution is 2.28. The van der Waals surface area contributed by atoms with E-state index in [0.29, 0.717) is 27.8 Å². The summed E-state index contributed by atoms with van der Waals surface area (Å²) in [5, 5.41) is 5.05. The number of pyridine rings is 1. The third-order valence-electron chi connectivity index (χ3n) is 3.46. The van der Waals surface area contributed by atoms with Crippen molar-refractivity contribution in [3.05, 3.63) is 22.4 Å². The molecule has 3 rings (SSSR count). The van der Waals surface area contributed by atoms with Crippen LogP contribution in [0.25, 0.3) is 11.0 Å². The third kappa shape index (κ3) is 2.80. The number of nitrogens with zero attached hydrogens (tertiary/aromatic N) is 3. The molecule has 0 bridgehead atoms. The largest absolute Gasteiger partial charge is 0.462 e. The van der Waals surface area contributed by atoms with Crippen LogP contribution in [-0.2, 0) is 9.47 Å². The Kier molecular flexibility index (Phi) is 4.21. The van der Waals surface area contributed by atoms with Crippen LogP contribution in [0.2, 0.25) is 0 Å². The second-order valence-electron chi connectivity index (χ2n) is 4.86. The smallest absolute Gasteiger partial charge is 0.339 e. The predicted octanol–water partition coefficient (Wildman–Crippen LogP) is 3.07. The number of esters is 1. The fourth-order valence-corrected chi connectivity index (χ4v) is 2.89. The van der Waals surface area contributed by atoms with Crippen molar-refractivity contribution < 1.29 is 14.3 Å². The Morgan fingerprint density at radius 2 is 2.43 bits per heavy atom. The van der Waals surface area contributed by atoms with Gasteiger partial charge in [0.1, 0.15) is 4.60 Å². The number of aromatic nitrogens is 3. The third-order valence-corrected chi connectivity index (χ3v) is 3.87. The van der Waals surface area contributed by atoms with Crippen LogP contribution in [-0.4, -0.2) is 33.9 Å². The van der Waals surface area contributed by atoms with Crippen molar-refractivity contribution in [2.24, 2.45) is 0 Å². The summed E-state index contributed by atoms with van der Waals surface area (Å²) in [5.74, 6) is -0.366. The van der Waals surface area contributed by atoms with E-state index in [1.165, 1.54) is 0 Å². The first-order valence-electron chi connectivity index (χ1n) is 7.03. The standard InChI is InChI=1S/C14H16BrN3O3/c1-2-20-14(19)9-7-11(15)17-13-10(9)8-16-18(13)12-5-3-4-6-21-12/h7-8,12H,2-6H2,1H3. The van der Waals surface area contributed by atoms with Crippen LogP contribution in [0.5, 0.6) is 0 Å². The van der Waals surface area contributed by atoms with Gasteiger partial charge in [-0.15, -0.1) is 0 Å². The molecule has 6 nitrogen and oxygen atoms in total. The van der Waals surface area contributed by atoms with Gasteiger partial charge in [-0.2, -0.15) is 5.10 Å². The first-order chi connectivity index (χ1) is 10.2. The van der Waals surface area contributed by atoms with E-state index in [1.54, 1.807) is 23.9 Å². The lowest BCUT2D eigenvalue weighted by Crippen LogP contribution is -2.19. The summed E-state index contributed by atoms with van der Waals surface area (Å²) < 4.78 is 13.2. The maximum absolute atomic E-state index is 12.1. The molecule has 0 amide bonds. The lowest BCUT2D eigenvalue weighted by Gasteiger charge is -2.23. The van der Waals surface area contributed by atoms with Crippen molar-refractivity contribution in [2.45, 2.75) is 32.4 Å². The predicted molar refractivity (Wildman–Crippen MR) is 80.0 cm³/mol. The molecule has 112 valence electrons. The summed E-state index contributed by atoms with van der Waals surface area (Å²) in [7, 11) is 0. The molecule has 1 atom stereocenters. The highest BCUT2D eigenvalue weighted by molar-refractivity contribution is 9.10. The zero-order chi connectivity index (χ0) is 14.8. The van der Waals surface area contributed by atoms with Gasteiger partial charge in [0.25, 0.3) is 0 Å². The highest BCUT2D eigenvalue weighted by Gasteiger charge is 2.22. The Balaban J connectivity index is 2.06. The van der Waals surface area contributed by atoms with Gasteiger partial charge < -0.3 is 9.47 Å². The highest BCUT2D eigenvalue weighted by atomic mass is 79.9. The SMILES string of the molecule is CCOC(=O)c1cc(Br)nc2c1cnn2C1CCCCO1. The minimum absolute atomic E-state index is 0.118. The number of ether oxygens (including phenoxy) is 2. The van der Waals surface area contributed by atoms with Gasteiger partial charge in [-0.05, 0) is 48.2 Å². The lowest BCUT2D eigenvalue weighted by atomic mass is 10.2. The normalized spacial score (nSPS) is 18.9. The van der Waals surface area contributed by atoms with Crippen LogP contribution in [0.3, 0.4) is 0 Å². The molecule has 0 aliphatic carbocycles. The Labute approximate surface area is 130 Å². The minimum atomic E-state index is -0.366. The van der Waals surface area contributed by atoms with Gasteiger partial charge >= 0.3 is 5.97 Å². The fourth-order valence-electron chi connectivity index (χ4n) is 2.49. The van der Waals surface area contributed by atoms with Gasteiger partial charge in [0, 0.05) is 6.61 Å². The molecule has 1 saturated heterocycles. The van der Waals surface area contributed by atoms with Crippen molar-refractivity contribution in [3.63, 3.8) is 0 Å². The average molecular weight is 354 g/mol. The molecular weight excluding hydrogens is 338 g/mol. The van der Waals surface area contributed by atoms with Crippen LogP contribution in [0.1, 0.15) is 42.8 Å². The summed E-state index contributed by atoms with van der Waals surface area (Å²) in [6.45, 7) is 2.84. The summed E-state index contributed by atoms with van der Waals surface area (Å²) in [5.41, 5.74) is 1.11. The first kappa shape index (κ1) is 14.5. The molecule has 0 spiro atoms. The topological polar surface area (TPSA) is 66.2 Å². The molecule has 0 saturated carbocycles. The monoisotopic (exact) mass is 353 g/mol. The van der Waals surface area contributed by atoms with Crippen molar-refractivity contribution in [3.8, 4) is 0 Å². The van der Waals surface area contributed by atoms with E-state index in [-0.39, 0.29) is 12.2 Å². The maximum atomic E-state index is 12.1. The van der Waals surface area contributed by atoms with E-state index in [0.717, 1.165) is 25.9 Å². The second-order valence-corrected chi connectivity index (χ2v) is 5.67. The van der Waals surface area contributed by atoms with E-state index in [1.807, 2.05) is 0 Å². The van der Waals surface area contributed by atoms with Crippen molar-refractivity contribution in [1.29, 1.82) is 0 Å². The summed E-state index contributed by atoms with van der Waals surface area (Å²) in [4.78, 5) is 16.5. The molecule has 0 N–H and O–H groups in total. The molecule has 2 aromatic rings. The Bertz CT molecular complexity index is 665.